The molecule has 1 aliphatic rings. The Morgan fingerprint density at radius 3 is 2.76 bits per heavy atom. The van der Waals surface area contributed by atoms with Crippen LogP contribution < -0.4 is 15.6 Å². The standard InChI is InChI=1S/C15H20N4O2/c1-19(12-6-3-2-4-7-12)11-5-10-16-15(21)13-8-9-14(20)18-17-13/h2-4,6-7H,5,8-11H2,1H3,(H,16,21)(H,18,20). The van der Waals surface area contributed by atoms with Crippen molar-refractivity contribution in [3.05, 3.63) is 30.3 Å². The minimum atomic E-state index is -0.197. The van der Waals surface area contributed by atoms with Gasteiger partial charge in [-0.3, -0.25) is 9.59 Å². The molecule has 6 heteroatoms. The number of anilines is 1. The maximum Gasteiger partial charge on any atom is 0.267 e. The lowest BCUT2D eigenvalue weighted by molar-refractivity contribution is -0.121. The Bertz CT molecular complexity index is 528. The number of para-hydroxylation sites is 1. The smallest absolute Gasteiger partial charge is 0.267 e. The van der Waals surface area contributed by atoms with Crippen LogP contribution in [0, 0.1) is 0 Å². The van der Waals surface area contributed by atoms with Gasteiger partial charge in [-0.2, -0.15) is 5.10 Å². The number of nitrogens with zero attached hydrogens (tertiary/aromatic N) is 2. The van der Waals surface area contributed by atoms with E-state index in [1.807, 2.05) is 25.2 Å². The Morgan fingerprint density at radius 1 is 1.33 bits per heavy atom. The number of amides is 2. The number of carbonyl (C=O) groups excluding carboxylic acids is 2. The second kappa shape index (κ2) is 7.42. The maximum absolute atomic E-state index is 11.8. The number of nitrogens with one attached hydrogen (secondary N) is 2. The molecule has 1 aromatic rings. The van der Waals surface area contributed by atoms with Gasteiger partial charge in [-0.15, -0.1) is 0 Å². The highest BCUT2D eigenvalue weighted by Gasteiger charge is 2.17. The van der Waals surface area contributed by atoms with Crippen LogP contribution in [0.15, 0.2) is 35.4 Å². The lowest BCUT2D eigenvalue weighted by Crippen LogP contribution is -2.37. The van der Waals surface area contributed by atoms with Gasteiger partial charge < -0.3 is 10.2 Å². The molecule has 21 heavy (non-hydrogen) atoms. The zero-order valence-electron chi connectivity index (χ0n) is 12.1. The molecule has 1 aliphatic heterocycles. The topological polar surface area (TPSA) is 73.8 Å². The summed E-state index contributed by atoms with van der Waals surface area (Å²) in [6, 6.07) is 10.1. The second-order valence-electron chi connectivity index (χ2n) is 4.96. The summed E-state index contributed by atoms with van der Waals surface area (Å²) in [7, 11) is 2.03. The number of rotatable bonds is 6. The average molecular weight is 288 g/mol. The van der Waals surface area contributed by atoms with E-state index in [0.717, 1.165) is 18.7 Å². The van der Waals surface area contributed by atoms with E-state index >= 15 is 0 Å². The summed E-state index contributed by atoms with van der Waals surface area (Å²) in [5.41, 5.74) is 3.87. The summed E-state index contributed by atoms with van der Waals surface area (Å²) in [6.07, 6.45) is 1.57. The molecule has 112 valence electrons. The van der Waals surface area contributed by atoms with E-state index < -0.39 is 0 Å². The lowest BCUT2D eigenvalue weighted by atomic mass is 10.1. The Kier molecular flexibility index (Phi) is 5.31. The van der Waals surface area contributed by atoms with E-state index in [9.17, 15) is 9.59 Å². The zero-order valence-corrected chi connectivity index (χ0v) is 12.1. The van der Waals surface area contributed by atoms with E-state index in [4.69, 9.17) is 0 Å². The fourth-order valence-electron chi connectivity index (χ4n) is 2.07. The Morgan fingerprint density at radius 2 is 2.10 bits per heavy atom. The molecule has 2 amide bonds. The van der Waals surface area contributed by atoms with Crippen molar-refractivity contribution in [1.82, 2.24) is 10.7 Å². The van der Waals surface area contributed by atoms with Crippen LogP contribution in [-0.4, -0.2) is 37.7 Å². The normalized spacial score (nSPS) is 14.1. The summed E-state index contributed by atoms with van der Waals surface area (Å²) in [5, 5.41) is 6.59. The third-order valence-electron chi connectivity index (χ3n) is 3.32. The van der Waals surface area contributed by atoms with Crippen LogP contribution in [0.2, 0.25) is 0 Å². The largest absolute Gasteiger partial charge is 0.375 e. The van der Waals surface area contributed by atoms with Crippen LogP contribution in [0.3, 0.4) is 0 Å². The molecule has 2 N–H and O–H groups in total. The Balaban J connectivity index is 1.68. The molecular formula is C15H20N4O2. The Hall–Kier alpha value is -2.37. The molecule has 6 nitrogen and oxygen atoms in total. The van der Waals surface area contributed by atoms with Crippen molar-refractivity contribution in [1.29, 1.82) is 0 Å². The molecular weight excluding hydrogens is 268 g/mol. The molecule has 0 aliphatic carbocycles. The summed E-state index contributed by atoms with van der Waals surface area (Å²) in [4.78, 5) is 24.9. The highest BCUT2D eigenvalue weighted by molar-refractivity contribution is 6.39. The van der Waals surface area contributed by atoms with Crippen LogP contribution >= 0.6 is 0 Å². The predicted molar refractivity (Wildman–Crippen MR) is 82.2 cm³/mol. The van der Waals surface area contributed by atoms with Gasteiger partial charge in [-0.05, 0) is 18.6 Å². The van der Waals surface area contributed by atoms with Gasteiger partial charge in [0.15, 0.2) is 0 Å². The van der Waals surface area contributed by atoms with Crippen molar-refractivity contribution < 1.29 is 9.59 Å². The van der Waals surface area contributed by atoms with Crippen molar-refractivity contribution in [2.75, 3.05) is 25.0 Å². The van der Waals surface area contributed by atoms with E-state index in [0.29, 0.717) is 25.1 Å². The molecule has 0 radical (unpaired) electrons. The van der Waals surface area contributed by atoms with Crippen molar-refractivity contribution in [3.63, 3.8) is 0 Å². The predicted octanol–water partition coefficient (Wildman–Crippen LogP) is 0.895. The number of hydrazone groups is 1. The first-order valence-electron chi connectivity index (χ1n) is 7.06. The van der Waals surface area contributed by atoms with E-state index in [1.165, 1.54) is 0 Å². The molecule has 1 aromatic carbocycles. The minimum Gasteiger partial charge on any atom is -0.375 e. The van der Waals surface area contributed by atoms with Gasteiger partial charge in [0.1, 0.15) is 5.71 Å². The molecule has 2 rings (SSSR count). The molecule has 0 saturated carbocycles. The lowest BCUT2D eigenvalue weighted by Gasteiger charge is -2.19. The molecule has 0 bridgehead atoms. The first-order valence-corrected chi connectivity index (χ1v) is 7.06. The summed E-state index contributed by atoms with van der Waals surface area (Å²) in [6.45, 7) is 1.44. The maximum atomic E-state index is 11.8. The van der Waals surface area contributed by atoms with Crippen LogP contribution in [0.25, 0.3) is 0 Å². The van der Waals surface area contributed by atoms with Crippen LogP contribution in [-0.2, 0) is 9.59 Å². The molecule has 0 unspecified atom stereocenters. The first kappa shape index (κ1) is 15.0. The van der Waals surface area contributed by atoms with E-state index in [2.05, 4.69) is 32.9 Å². The minimum absolute atomic E-state index is 0.143. The number of carbonyl (C=O) groups is 2. The molecule has 0 spiro atoms. The summed E-state index contributed by atoms with van der Waals surface area (Å²) >= 11 is 0. The second-order valence-corrected chi connectivity index (χ2v) is 4.96. The number of hydrogen-bond donors (Lipinski definition) is 2. The van der Waals surface area contributed by atoms with E-state index in [1.54, 1.807) is 0 Å². The van der Waals surface area contributed by atoms with Gasteiger partial charge in [0, 0.05) is 38.7 Å². The van der Waals surface area contributed by atoms with Gasteiger partial charge in [-0.25, -0.2) is 5.43 Å². The Labute approximate surface area is 124 Å². The molecule has 0 aromatic heterocycles. The molecule has 1 heterocycles. The van der Waals surface area contributed by atoms with Gasteiger partial charge >= 0.3 is 0 Å². The monoisotopic (exact) mass is 288 g/mol. The van der Waals surface area contributed by atoms with Gasteiger partial charge in [-0.1, -0.05) is 18.2 Å². The van der Waals surface area contributed by atoms with Crippen molar-refractivity contribution in [2.45, 2.75) is 19.3 Å². The van der Waals surface area contributed by atoms with Crippen LogP contribution in [0.5, 0.6) is 0 Å². The van der Waals surface area contributed by atoms with Crippen molar-refractivity contribution >= 4 is 23.2 Å². The van der Waals surface area contributed by atoms with E-state index in [-0.39, 0.29) is 11.8 Å². The van der Waals surface area contributed by atoms with Crippen molar-refractivity contribution in [3.8, 4) is 0 Å². The first-order chi connectivity index (χ1) is 10.2. The number of hydrogen-bond acceptors (Lipinski definition) is 4. The third kappa shape index (κ3) is 4.59. The summed E-state index contributed by atoms with van der Waals surface area (Å²) in [5.74, 6) is -0.339. The number of benzene rings is 1. The van der Waals surface area contributed by atoms with Crippen LogP contribution in [0.4, 0.5) is 5.69 Å². The fourth-order valence-corrected chi connectivity index (χ4v) is 2.07. The van der Waals surface area contributed by atoms with Gasteiger partial charge in [0.25, 0.3) is 5.91 Å². The van der Waals surface area contributed by atoms with Gasteiger partial charge in [0.05, 0.1) is 0 Å². The third-order valence-corrected chi connectivity index (χ3v) is 3.32. The SMILES string of the molecule is CN(CCCNC(=O)C1=NNC(=O)CC1)c1ccccc1. The fraction of sp³-hybridized carbons (Fsp3) is 0.400. The van der Waals surface area contributed by atoms with Gasteiger partial charge in [0.2, 0.25) is 5.91 Å². The molecule has 0 saturated heterocycles. The highest BCUT2D eigenvalue weighted by atomic mass is 16.2. The molecule has 0 fully saturated rings. The zero-order chi connectivity index (χ0) is 15.1. The van der Waals surface area contributed by atoms with Crippen molar-refractivity contribution in [2.24, 2.45) is 5.10 Å². The summed E-state index contributed by atoms with van der Waals surface area (Å²) < 4.78 is 0. The molecule has 0 atom stereocenters. The quantitative estimate of drug-likeness (QED) is 0.764. The average Bonchev–Trinajstić information content (AvgIpc) is 2.52. The van der Waals surface area contributed by atoms with Crippen LogP contribution in [0.1, 0.15) is 19.3 Å². The highest BCUT2D eigenvalue weighted by Crippen LogP contribution is 2.10.